The monoisotopic (exact) mass is 369 g/mol. The molecular formula is C20H39N3O3. The molecule has 2 rings (SSSR count). The Bertz CT molecular complexity index is 392. The third-order valence-corrected chi connectivity index (χ3v) is 5.55. The van der Waals surface area contributed by atoms with E-state index < -0.39 is 0 Å². The van der Waals surface area contributed by atoms with E-state index in [9.17, 15) is 0 Å². The van der Waals surface area contributed by atoms with Crippen molar-refractivity contribution in [1.82, 2.24) is 10.6 Å². The van der Waals surface area contributed by atoms with Crippen molar-refractivity contribution in [2.45, 2.75) is 51.9 Å². The molecule has 0 aromatic heterocycles. The Morgan fingerprint density at radius 3 is 2.77 bits per heavy atom. The maximum Gasteiger partial charge on any atom is 0.191 e. The Kier molecular flexibility index (Phi) is 10.3. The predicted molar refractivity (Wildman–Crippen MR) is 106 cm³/mol. The zero-order valence-electron chi connectivity index (χ0n) is 16.9. The van der Waals surface area contributed by atoms with E-state index in [1.807, 2.05) is 0 Å². The normalized spacial score (nSPS) is 22.7. The number of hydrogen-bond donors (Lipinski definition) is 2. The lowest BCUT2D eigenvalue weighted by Gasteiger charge is -2.27. The van der Waals surface area contributed by atoms with E-state index in [-0.39, 0.29) is 0 Å². The minimum Gasteiger partial charge on any atom is -0.385 e. The van der Waals surface area contributed by atoms with Crippen LogP contribution in [0.5, 0.6) is 0 Å². The lowest BCUT2D eigenvalue weighted by Crippen LogP contribution is -2.39. The molecule has 26 heavy (non-hydrogen) atoms. The molecule has 6 heteroatoms. The van der Waals surface area contributed by atoms with E-state index in [0.717, 1.165) is 77.9 Å². The first-order chi connectivity index (χ1) is 12.8. The van der Waals surface area contributed by atoms with Crippen molar-refractivity contribution in [2.24, 2.45) is 16.3 Å². The van der Waals surface area contributed by atoms with E-state index in [1.165, 1.54) is 25.7 Å². The molecule has 1 unspecified atom stereocenters. The second-order valence-electron chi connectivity index (χ2n) is 7.73. The fourth-order valence-corrected chi connectivity index (χ4v) is 3.87. The Labute approximate surface area is 159 Å². The summed E-state index contributed by atoms with van der Waals surface area (Å²) in [4.78, 5) is 4.88. The molecule has 0 radical (unpaired) electrons. The highest BCUT2D eigenvalue weighted by molar-refractivity contribution is 5.79. The highest BCUT2D eigenvalue weighted by Gasteiger charge is 2.33. The average molecular weight is 370 g/mol. The fraction of sp³-hybridized carbons (Fsp3) is 0.950. The number of nitrogens with zero attached hydrogens (tertiary/aromatic N) is 1. The summed E-state index contributed by atoms with van der Waals surface area (Å²) in [6.45, 7) is 8.99. The molecule has 1 aliphatic carbocycles. The summed E-state index contributed by atoms with van der Waals surface area (Å²) >= 11 is 0. The van der Waals surface area contributed by atoms with Gasteiger partial charge in [0.1, 0.15) is 0 Å². The van der Waals surface area contributed by atoms with Crippen LogP contribution in [-0.4, -0.2) is 65.7 Å². The molecule has 1 aliphatic heterocycles. The third kappa shape index (κ3) is 7.80. The summed E-state index contributed by atoms with van der Waals surface area (Å²) in [5.74, 6) is 1.52. The van der Waals surface area contributed by atoms with Crippen LogP contribution in [0.3, 0.4) is 0 Å². The molecule has 6 nitrogen and oxygen atoms in total. The lowest BCUT2D eigenvalue weighted by molar-refractivity contribution is 0.0888. The van der Waals surface area contributed by atoms with Gasteiger partial charge in [-0.05, 0) is 44.4 Å². The maximum atomic E-state index is 5.77. The summed E-state index contributed by atoms with van der Waals surface area (Å²) in [6.07, 6.45) is 8.45. The smallest absolute Gasteiger partial charge is 0.191 e. The number of nitrogens with one attached hydrogen (secondary N) is 2. The van der Waals surface area contributed by atoms with Crippen molar-refractivity contribution in [2.75, 3.05) is 59.8 Å². The molecule has 0 bridgehead atoms. The van der Waals surface area contributed by atoms with E-state index in [0.29, 0.717) is 11.3 Å². The molecule has 2 fully saturated rings. The molecule has 0 aromatic carbocycles. The summed E-state index contributed by atoms with van der Waals surface area (Å²) < 4.78 is 16.5. The van der Waals surface area contributed by atoms with Crippen molar-refractivity contribution in [3.05, 3.63) is 0 Å². The van der Waals surface area contributed by atoms with Gasteiger partial charge in [0, 0.05) is 52.5 Å². The van der Waals surface area contributed by atoms with Gasteiger partial charge in [-0.25, -0.2) is 0 Å². The molecule has 0 spiro atoms. The van der Waals surface area contributed by atoms with E-state index in [2.05, 4.69) is 17.6 Å². The first-order valence-corrected chi connectivity index (χ1v) is 10.4. The Morgan fingerprint density at radius 2 is 2.08 bits per heavy atom. The molecule has 1 atom stereocenters. The number of rotatable bonds is 12. The maximum absolute atomic E-state index is 5.77. The Balaban J connectivity index is 1.66. The molecule has 0 amide bonds. The molecular weight excluding hydrogens is 330 g/mol. The molecule has 2 N–H and O–H groups in total. The second-order valence-corrected chi connectivity index (χ2v) is 7.73. The van der Waals surface area contributed by atoms with Gasteiger partial charge in [-0.15, -0.1) is 0 Å². The lowest BCUT2D eigenvalue weighted by atomic mass is 9.83. The van der Waals surface area contributed by atoms with Crippen molar-refractivity contribution >= 4 is 5.96 Å². The standard InChI is InChI=1S/C20H39N3O3/c1-3-21-19(22-11-6-12-25-15-18-7-13-26-16-18)23-17-20(10-14-24-2)8-4-5-9-20/h18H,3-17H2,1-2H3,(H2,21,22,23). The van der Waals surface area contributed by atoms with Crippen molar-refractivity contribution in [3.63, 3.8) is 0 Å². The van der Waals surface area contributed by atoms with Gasteiger partial charge in [-0.3, -0.25) is 4.99 Å². The fourth-order valence-electron chi connectivity index (χ4n) is 3.87. The van der Waals surface area contributed by atoms with Crippen LogP contribution in [0, 0.1) is 11.3 Å². The van der Waals surface area contributed by atoms with Crippen molar-refractivity contribution in [3.8, 4) is 0 Å². The van der Waals surface area contributed by atoms with Gasteiger partial charge >= 0.3 is 0 Å². The highest BCUT2D eigenvalue weighted by atomic mass is 16.5. The molecule has 1 heterocycles. The van der Waals surface area contributed by atoms with Gasteiger partial charge in [-0.2, -0.15) is 0 Å². The molecule has 0 aromatic rings. The molecule has 2 aliphatic rings. The number of aliphatic imine (C=N–C) groups is 1. The number of ether oxygens (including phenoxy) is 3. The summed E-state index contributed by atoms with van der Waals surface area (Å²) in [5.41, 5.74) is 0.338. The number of hydrogen-bond acceptors (Lipinski definition) is 4. The summed E-state index contributed by atoms with van der Waals surface area (Å²) in [5, 5.41) is 6.82. The predicted octanol–water partition coefficient (Wildman–Crippen LogP) is 2.58. The Morgan fingerprint density at radius 1 is 1.23 bits per heavy atom. The van der Waals surface area contributed by atoms with Crippen molar-refractivity contribution < 1.29 is 14.2 Å². The minimum absolute atomic E-state index is 0.338. The summed E-state index contributed by atoms with van der Waals surface area (Å²) in [7, 11) is 1.79. The SMILES string of the molecule is CCNC(=NCC1(CCOC)CCCC1)NCCCOCC1CCOC1. The van der Waals surface area contributed by atoms with Crippen LogP contribution in [0.4, 0.5) is 0 Å². The largest absolute Gasteiger partial charge is 0.385 e. The van der Waals surface area contributed by atoms with Crippen LogP contribution in [-0.2, 0) is 14.2 Å². The zero-order chi connectivity index (χ0) is 18.5. The van der Waals surface area contributed by atoms with Crippen LogP contribution < -0.4 is 10.6 Å². The van der Waals surface area contributed by atoms with Crippen LogP contribution in [0.25, 0.3) is 0 Å². The van der Waals surface area contributed by atoms with Gasteiger partial charge in [0.2, 0.25) is 0 Å². The number of methoxy groups -OCH3 is 1. The zero-order valence-corrected chi connectivity index (χ0v) is 16.9. The van der Waals surface area contributed by atoms with Crippen molar-refractivity contribution in [1.29, 1.82) is 0 Å². The topological polar surface area (TPSA) is 64.1 Å². The minimum atomic E-state index is 0.338. The van der Waals surface area contributed by atoms with Crippen LogP contribution in [0.15, 0.2) is 4.99 Å². The first kappa shape index (κ1) is 21.5. The first-order valence-electron chi connectivity index (χ1n) is 10.4. The quantitative estimate of drug-likeness (QED) is 0.314. The van der Waals surface area contributed by atoms with Gasteiger partial charge in [0.05, 0.1) is 13.2 Å². The number of guanidine groups is 1. The molecule has 1 saturated heterocycles. The van der Waals surface area contributed by atoms with Gasteiger partial charge < -0.3 is 24.8 Å². The van der Waals surface area contributed by atoms with Crippen LogP contribution >= 0.6 is 0 Å². The van der Waals surface area contributed by atoms with Crippen LogP contribution in [0.1, 0.15) is 51.9 Å². The molecule has 1 saturated carbocycles. The second kappa shape index (κ2) is 12.5. The van der Waals surface area contributed by atoms with Gasteiger partial charge in [0.25, 0.3) is 0 Å². The Hall–Kier alpha value is -0.850. The van der Waals surface area contributed by atoms with E-state index >= 15 is 0 Å². The van der Waals surface area contributed by atoms with Gasteiger partial charge in [-0.1, -0.05) is 12.8 Å². The molecule has 152 valence electrons. The third-order valence-electron chi connectivity index (χ3n) is 5.55. The van der Waals surface area contributed by atoms with Crippen LogP contribution in [0.2, 0.25) is 0 Å². The van der Waals surface area contributed by atoms with E-state index in [4.69, 9.17) is 19.2 Å². The van der Waals surface area contributed by atoms with Gasteiger partial charge in [0.15, 0.2) is 5.96 Å². The van der Waals surface area contributed by atoms with E-state index in [1.54, 1.807) is 7.11 Å². The average Bonchev–Trinajstić information content (AvgIpc) is 3.33. The highest BCUT2D eigenvalue weighted by Crippen LogP contribution is 2.41. The summed E-state index contributed by atoms with van der Waals surface area (Å²) in [6, 6.07) is 0.